The standard InChI is InChI=1S/C15H29N3O2/c1-2-15(4-6-16-7-5-15)14(20)18-9-3-8-17(10-11-18)12-13-19/h16,19H,2-13H2,1H3. The Kier molecular flexibility index (Phi) is 5.81. The van der Waals surface area contributed by atoms with Crippen LogP contribution in [-0.2, 0) is 4.79 Å². The molecule has 116 valence electrons. The fraction of sp³-hybridized carbons (Fsp3) is 0.933. The molecule has 20 heavy (non-hydrogen) atoms. The van der Waals surface area contributed by atoms with Gasteiger partial charge in [0, 0.05) is 26.2 Å². The molecule has 2 heterocycles. The number of amides is 1. The number of carbonyl (C=O) groups excluding carboxylic acids is 1. The highest BCUT2D eigenvalue weighted by Crippen LogP contribution is 2.34. The van der Waals surface area contributed by atoms with Crippen LogP contribution in [0.5, 0.6) is 0 Å². The van der Waals surface area contributed by atoms with Gasteiger partial charge in [-0.05, 0) is 45.3 Å². The minimum absolute atomic E-state index is 0.128. The number of piperidine rings is 1. The van der Waals surface area contributed by atoms with E-state index >= 15 is 0 Å². The monoisotopic (exact) mass is 283 g/mol. The number of carbonyl (C=O) groups is 1. The third kappa shape index (κ3) is 3.51. The first-order valence-corrected chi connectivity index (χ1v) is 8.05. The Balaban J connectivity index is 1.97. The molecule has 5 nitrogen and oxygen atoms in total. The molecular formula is C15H29N3O2. The zero-order valence-electron chi connectivity index (χ0n) is 12.7. The van der Waals surface area contributed by atoms with Gasteiger partial charge in [0.2, 0.25) is 5.91 Å². The molecular weight excluding hydrogens is 254 g/mol. The molecule has 0 aromatic carbocycles. The van der Waals surface area contributed by atoms with Gasteiger partial charge in [-0.25, -0.2) is 0 Å². The van der Waals surface area contributed by atoms with Crippen molar-refractivity contribution in [2.24, 2.45) is 5.41 Å². The van der Waals surface area contributed by atoms with Gasteiger partial charge in [-0.2, -0.15) is 0 Å². The van der Waals surface area contributed by atoms with E-state index in [-0.39, 0.29) is 12.0 Å². The van der Waals surface area contributed by atoms with Crippen LogP contribution in [0.15, 0.2) is 0 Å². The largest absolute Gasteiger partial charge is 0.395 e. The van der Waals surface area contributed by atoms with Gasteiger partial charge in [0.1, 0.15) is 0 Å². The van der Waals surface area contributed by atoms with Crippen molar-refractivity contribution < 1.29 is 9.90 Å². The third-order valence-electron chi connectivity index (χ3n) is 4.98. The van der Waals surface area contributed by atoms with Crippen molar-refractivity contribution in [2.75, 3.05) is 52.4 Å². The van der Waals surface area contributed by atoms with Crippen molar-refractivity contribution in [3.63, 3.8) is 0 Å². The number of rotatable bonds is 4. The van der Waals surface area contributed by atoms with E-state index < -0.39 is 0 Å². The second-order valence-electron chi connectivity index (χ2n) is 6.09. The molecule has 2 saturated heterocycles. The number of hydrogen-bond acceptors (Lipinski definition) is 4. The summed E-state index contributed by atoms with van der Waals surface area (Å²) >= 11 is 0. The Hall–Kier alpha value is -0.650. The van der Waals surface area contributed by atoms with Crippen molar-refractivity contribution in [2.45, 2.75) is 32.6 Å². The molecule has 0 atom stereocenters. The van der Waals surface area contributed by atoms with E-state index in [2.05, 4.69) is 22.0 Å². The van der Waals surface area contributed by atoms with E-state index in [9.17, 15) is 4.79 Å². The lowest BCUT2D eigenvalue weighted by Gasteiger charge is -2.39. The lowest BCUT2D eigenvalue weighted by Crippen LogP contribution is -2.50. The summed E-state index contributed by atoms with van der Waals surface area (Å²) in [6, 6.07) is 0. The Labute approximate surface area is 122 Å². The lowest BCUT2D eigenvalue weighted by molar-refractivity contribution is -0.144. The maximum Gasteiger partial charge on any atom is 0.228 e. The first kappa shape index (κ1) is 15.7. The minimum Gasteiger partial charge on any atom is -0.395 e. The van der Waals surface area contributed by atoms with Crippen LogP contribution < -0.4 is 5.32 Å². The topological polar surface area (TPSA) is 55.8 Å². The summed E-state index contributed by atoms with van der Waals surface area (Å²) in [4.78, 5) is 17.3. The Morgan fingerprint density at radius 2 is 1.95 bits per heavy atom. The predicted molar refractivity (Wildman–Crippen MR) is 79.6 cm³/mol. The summed E-state index contributed by atoms with van der Waals surface area (Å²) in [5.41, 5.74) is -0.128. The molecule has 2 aliphatic heterocycles. The lowest BCUT2D eigenvalue weighted by atomic mass is 9.75. The van der Waals surface area contributed by atoms with Crippen molar-refractivity contribution in [3.05, 3.63) is 0 Å². The summed E-state index contributed by atoms with van der Waals surface area (Å²) in [7, 11) is 0. The summed E-state index contributed by atoms with van der Waals surface area (Å²) in [5.74, 6) is 0.368. The fourth-order valence-electron chi connectivity index (χ4n) is 3.50. The van der Waals surface area contributed by atoms with Crippen LogP contribution >= 0.6 is 0 Å². The van der Waals surface area contributed by atoms with E-state index in [0.29, 0.717) is 5.91 Å². The highest BCUT2D eigenvalue weighted by Gasteiger charge is 2.40. The highest BCUT2D eigenvalue weighted by molar-refractivity contribution is 5.83. The zero-order valence-corrected chi connectivity index (χ0v) is 12.7. The number of aliphatic hydroxyl groups excluding tert-OH is 1. The minimum atomic E-state index is -0.128. The molecule has 0 bridgehead atoms. The van der Waals surface area contributed by atoms with Gasteiger partial charge in [-0.1, -0.05) is 6.92 Å². The molecule has 0 aromatic heterocycles. The molecule has 0 radical (unpaired) electrons. The first-order chi connectivity index (χ1) is 9.72. The Morgan fingerprint density at radius 3 is 2.60 bits per heavy atom. The van der Waals surface area contributed by atoms with Crippen LogP contribution in [0.2, 0.25) is 0 Å². The Bertz CT molecular complexity index is 316. The molecule has 0 saturated carbocycles. The SMILES string of the molecule is CCC1(C(=O)N2CCCN(CCO)CC2)CCNCC1. The normalized spacial score (nSPS) is 24.4. The number of hydrogen-bond donors (Lipinski definition) is 2. The maximum atomic E-state index is 13.0. The average molecular weight is 283 g/mol. The van der Waals surface area contributed by atoms with E-state index in [4.69, 9.17) is 5.11 Å². The average Bonchev–Trinajstić information content (AvgIpc) is 2.73. The summed E-state index contributed by atoms with van der Waals surface area (Å²) in [6.45, 7) is 8.58. The van der Waals surface area contributed by atoms with Crippen LogP contribution in [-0.4, -0.2) is 73.2 Å². The van der Waals surface area contributed by atoms with Crippen LogP contribution in [0, 0.1) is 5.41 Å². The fourth-order valence-corrected chi connectivity index (χ4v) is 3.50. The van der Waals surface area contributed by atoms with Gasteiger partial charge in [-0.15, -0.1) is 0 Å². The van der Waals surface area contributed by atoms with E-state index in [1.54, 1.807) is 0 Å². The summed E-state index contributed by atoms with van der Waals surface area (Å²) in [6.07, 6.45) is 3.91. The molecule has 0 aromatic rings. The molecule has 2 aliphatic rings. The van der Waals surface area contributed by atoms with Crippen LogP contribution in [0.3, 0.4) is 0 Å². The van der Waals surface area contributed by atoms with Gasteiger partial charge < -0.3 is 15.3 Å². The van der Waals surface area contributed by atoms with Gasteiger partial charge in [0.05, 0.1) is 12.0 Å². The van der Waals surface area contributed by atoms with Gasteiger partial charge in [-0.3, -0.25) is 9.69 Å². The zero-order chi connectivity index (χ0) is 14.4. The molecule has 0 unspecified atom stereocenters. The molecule has 2 rings (SSSR count). The Morgan fingerprint density at radius 1 is 1.20 bits per heavy atom. The molecule has 0 spiro atoms. The van der Waals surface area contributed by atoms with Crippen LogP contribution in [0.25, 0.3) is 0 Å². The number of aliphatic hydroxyl groups is 1. The second-order valence-corrected chi connectivity index (χ2v) is 6.09. The maximum absolute atomic E-state index is 13.0. The number of β-amino-alcohol motifs (C(OH)–C–C–N with tert-alkyl or cyclic N) is 1. The van der Waals surface area contributed by atoms with Crippen LogP contribution in [0.4, 0.5) is 0 Å². The molecule has 5 heteroatoms. The quantitative estimate of drug-likeness (QED) is 0.779. The van der Waals surface area contributed by atoms with Gasteiger partial charge in [0.25, 0.3) is 0 Å². The first-order valence-electron chi connectivity index (χ1n) is 8.05. The van der Waals surface area contributed by atoms with Crippen molar-refractivity contribution in [1.29, 1.82) is 0 Å². The van der Waals surface area contributed by atoms with E-state index in [1.807, 2.05) is 0 Å². The summed E-state index contributed by atoms with van der Waals surface area (Å²) < 4.78 is 0. The predicted octanol–water partition coefficient (Wildman–Crippen LogP) is 0.293. The smallest absolute Gasteiger partial charge is 0.228 e. The third-order valence-corrected chi connectivity index (χ3v) is 4.98. The van der Waals surface area contributed by atoms with Crippen molar-refractivity contribution in [3.8, 4) is 0 Å². The van der Waals surface area contributed by atoms with E-state index in [1.165, 1.54) is 0 Å². The molecule has 2 fully saturated rings. The summed E-state index contributed by atoms with van der Waals surface area (Å²) in [5, 5.41) is 12.4. The van der Waals surface area contributed by atoms with E-state index in [0.717, 1.165) is 71.5 Å². The van der Waals surface area contributed by atoms with Crippen molar-refractivity contribution >= 4 is 5.91 Å². The van der Waals surface area contributed by atoms with Crippen molar-refractivity contribution in [1.82, 2.24) is 15.1 Å². The highest BCUT2D eigenvalue weighted by atomic mass is 16.3. The number of nitrogens with zero attached hydrogens (tertiary/aromatic N) is 2. The molecule has 1 amide bonds. The van der Waals surface area contributed by atoms with Gasteiger partial charge in [0.15, 0.2) is 0 Å². The van der Waals surface area contributed by atoms with Gasteiger partial charge >= 0.3 is 0 Å². The molecule has 0 aliphatic carbocycles. The van der Waals surface area contributed by atoms with Crippen LogP contribution in [0.1, 0.15) is 32.6 Å². The number of nitrogens with one attached hydrogen (secondary N) is 1. The second kappa shape index (κ2) is 7.38. The molecule has 2 N–H and O–H groups in total.